The highest BCUT2D eigenvalue weighted by atomic mass is 16.5. The first-order chi connectivity index (χ1) is 11.8. The van der Waals surface area contributed by atoms with Gasteiger partial charge in [0.2, 0.25) is 0 Å². The van der Waals surface area contributed by atoms with Crippen molar-refractivity contribution in [2.75, 3.05) is 6.61 Å². The van der Waals surface area contributed by atoms with Gasteiger partial charge >= 0.3 is 5.97 Å². The molecule has 0 atom stereocenters. The number of aromatic nitrogens is 4. The lowest BCUT2D eigenvalue weighted by Crippen LogP contribution is -2.04. The largest absolute Gasteiger partial charge is 0.462 e. The Bertz CT molecular complexity index is 1060. The number of rotatable bonds is 3. The van der Waals surface area contributed by atoms with Crippen LogP contribution in [-0.2, 0) is 4.74 Å². The van der Waals surface area contributed by atoms with Crippen LogP contribution in [0.2, 0.25) is 0 Å². The Morgan fingerprint density at radius 2 is 2.12 bits per heavy atom. The van der Waals surface area contributed by atoms with Crippen molar-refractivity contribution >= 4 is 27.9 Å². The minimum absolute atomic E-state index is 0.316. The molecule has 4 aromatic rings. The molecule has 118 valence electrons. The summed E-state index contributed by atoms with van der Waals surface area (Å²) in [5.74, 6) is -0.387. The van der Waals surface area contributed by atoms with Crippen LogP contribution in [0.15, 0.2) is 49.1 Å². The van der Waals surface area contributed by atoms with Crippen LogP contribution in [-0.4, -0.2) is 32.5 Å². The van der Waals surface area contributed by atoms with Gasteiger partial charge in [0.15, 0.2) is 0 Å². The molecule has 0 aliphatic heterocycles. The number of benzene rings is 1. The molecule has 0 amide bonds. The Labute approximate surface area is 137 Å². The number of nitrogens with zero attached hydrogens (tertiary/aromatic N) is 3. The second-order valence-corrected chi connectivity index (χ2v) is 5.28. The highest BCUT2D eigenvalue weighted by molar-refractivity contribution is 6.08. The summed E-state index contributed by atoms with van der Waals surface area (Å²) < 4.78 is 5.13. The fourth-order valence-corrected chi connectivity index (χ4v) is 2.77. The number of esters is 1. The predicted octanol–water partition coefficient (Wildman–Crippen LogP) is 3.35. The summed E-state index contributed by atoms with van der Waals surface area (Å²) in [6, 6.07) is 9.77. The smallest absolute Gasteiger partial charge is 0.340 e. The summed E-state index contributed by atoms with van der Waals surface area (Å²) in [4.78, 5) is 28.1. The fourth-order valence-electron chi connectivity index (χ4n) is 2.77. The number of hydrogen-bond donors (Lipinski definition) is 1. The molecular weight excluding hydrogens is 304 g/mol. The third kappa shape index (κ3) is 2.28. The van der Waals surface area contributed by atoms with E-state index in [1.54, 1.807) is 19.3 Å². The second kappa shape index (κ2) is 5.73. The zero-order valence-corrected chi connectivity index (χ0v) is 13.0. The third-order valence-corrected chi connectivity index (χ3v) is 3.84. The molecule has 3 aromatic heterocycles. The first-order valence-corrected chi connectivity index (χ1v) is 7.62. The van der Waals surface area contributed by atoms with Gasteiger partial charge < -0.3 is 9.72 Å². The van der Waals surface area contributed by atoms with Gasteiger partial charge in [-0.05, 0) is 25.1 Å². The SMILES string of the molecule is CCOC(=O)c1c[nH]c2ncnc(-c3ccc4ncccc4c3)c12. The van der Waals surface area contributed by atoms with Crippen LogP contribution in [0.25, 0.3) is 33.2 Å². The molecule has 1 N–H and O–H groups in total. The number of carbonyl (C=O) groups is 1. The topological polar surface area (TPSA) is 80.8 Å². The number of pyridine rings is 1. The number of nitrogens with one attached hydrogen (secondary N) is 1. The molecule has 0 radical (unpaired) electrons. The van der Waals surface area contributed by atoms with Gasteiger partial charge in [0.05, 0.1) is 28.8 Å². The van der Waals surface area contributed by atoms with Crippen LogP contribution < -0.4 is 0 Å². The highest BCUT2D eigenvalue weighted by Crippen LogP contribution is 2.30. The fraction of sp³-hybridized carbons (Fsp3) is 0.111. The van der Waals surface area contributed by atoms with Gasteiger partial charge in [0, 0.05) is 23.3 Å². The lowest BCUT2D eigenvalue weighted by atomic mass is 10.0. The molecule has 0 spiro atoms. The second-order valence-electron chi connectivity index (χ2n) is 5.28. The van der Waals surface area contributed by atoms with Crippen molar-refractivity contribution in [2.45, 2.75) is 6.92 Å². The van der Waals surface area contributed by atoms with E-state index in [9.17, 15) is 4.79 Å². The lowest BCUT2D eigenvalue weighted by molar-refractivity contribution is 0.0528. The Balaban J connectivity index is 1.94. The molecule has 24 heavy (non-hydrogen) atoms. The van der Waals surface area contributed by atoms with E-state index >= 15 is 0 Å². The lowest BCUT2D eigenvalue weighted by Gasteiger charge is -2.06. The normalized spacial score (nSPS) is 11.0. The Morgan fingerprint density at radius 3 is 3.00 bits per heavy atom. The monoisotopic (exact) mass is 318 g/mol. The molecule has 4 rings (SSSR count). The first kappa shape index (κ1) is 14.3. The van der Waals surface area contributed by atoms with Crippen LogP contribution in [0.1, 0.15) is 17.3 Å². The zero-order valence-electron chi connectivity index (χ0n) is 13.0. The number of carbonyl (C=O) groups excluding carboxylic acids is 1. The highest BCUT2D eigenvalue weighted by Gasteiger charge is 2.18. The number of ether oxygens (including phenoxy) is 1. The van der Waals surface area contributed by atoms with Crippen LogP contribution in [0.4, 0.5) is 0 Å². The molecule has 0 saturated heterocycles. The van der Waals surface area contributed by atoms with E-state index in [1.165, 1.54) is 6.33 Å². The van der Waals surface area contributed by atoms with Gasteiger partial charge in [-0.3, -0.25) is 4.98 Å². The number of H-pyrrole nitrogens is 1. The van der Waals surface area contributed by atoms with E-state index in [4.69, 9.17) is 4.74 Å². The maximum absolute atomic E-state index is 12.2. The summed E-state index contributed by atoms with van der Waals surface area (Å²) in [5, 5.41) is 1.68. The third-order valence-electron chi connectivity index (χ3n) is 3.84. The van der Waals surface area contributed by atoms with E-state index in [2.05, 4.69) is 19.9 Å². The molecule has 0 aliphatic rings. The first-order valence-electron chi connectivity index (χ1n) is 7.62. The number of aromatic amines is 1. The standard InChI is InChI=1S/C18H14N4O2/c1-2-24-18(23)13-9-20-17-15(13)16(21-10-22-17)12-5-6-14-11(8-12)4-3-7-19-14/h3-10H,2H2,1H3,(H,20,21,22). The summed E-state index contributed by atoms with van der Waals surface area (Å²) >= 11 is 0. The van der Waals surface area contributed by atoms with Crippen molar-refractivity contribution < 1.29 is 9.53 Å². The van der Waals surface area contributed by atoms with Crippen LogP contribution in [0.5, 0.6) is 0 Å². The van der Waals surface area contributed by atoms with E-state index in [0.717, 1.165) is 16.5 Å². The zero-order chi connectivity index (χ0) is 16.5. The maximum atomic E-state index is 12.2. The maximum Gasteiger partial charge on any atom is 0.340 e. The summed E-state index contributed by atoms with van der Waals surface area (Å²) in [7, 11) is 0. The minimum atomic E-state index is -0.387. The van der Waals surface area contributed by atoms with Gasteiger partial charge in [0.1, 0.15) is 12.0 Å². The molecular formula is C18H14N4O2. The molecule has 0 bridgehead atoms. The van der Waals surface area contributed by atoms with E-state index in [-0.39, 0.29) is 5.97 Å². The van der Waals surface area contributed by atoms with E-state index < -0.39 is 0 Å². The summed E-state index contributed by atoms with van der Waals surface area (Å²) in [5.41, 5.74) is 3.54. The average Bonchev–Trinajstić information content (AvgIpc) is 3.06. The Morgan fingerprint density at radius 1 is 1.21 bits per heavy atom. The number of fused-ring (bicyclic) bond motifs is 2. The molecule has 3 heterocycles. The van der Waals surface area contributed by atoms with Crippen molar-refractivity contribution in [3.8, 4) is 11.3 Å². The van der Waals surface area contributed by atoms with Crippen LogP contribution >= 0.6 is 0 Å². The van der Waals surface area contributed by atoms with Crippen molar-refractivity contribution in [1.82, 2.24) is 19.9 Å². The van der Waals surface area contributed by atoms with Gasteiger partial charge in [-0.2, -0.15) is 0 Å². The number of hydrogen-bond acceptors (Lipinski definition) is 5. The molecule has 6 nitrogen and oxygen atoms in total. The molecule has 6 heteroatoms. The summed E-state index contributed by atoms with van der Waals surface area (Å²) in [6.45, 7) is 2.09. The van der Waals surface area contributed by atoms with Gasteiger partial charge in [-0.1, -0.05) is 12.1 Å². The average molecular weight is 318 g/mol. The van der Waals surface area contributed by atoms with Gasteiger partial charge in [-0.15, -0.1) is 0 Å². The van der Waals surface area contributed by atoms with Gasteiger partial charge in [-0.25, -0.2) is 14.8 Å². The Kier molecular flexibility index (Phi) is 3.42. The quantitative estimate of drug-likeness (QED) is 0.586. The van der Waals surface area contributed by atoms with Crippen molar-refractivity contribution in [3.63, 3.8) is 0 Å². The van der Waals surface area contributed by atoms with Gasteiger partial charge in [0.25, 0.3) is 0 Å². The molecule has 0 aliphatic carbocycles. The molecule has 0 saturated carbocycles. The van der Waals surface area contributed by atoms with Crippen LogP contribution in [0, 0.1) is 0 Å². The van der Waals surface area contributed by atoms with Crippen LogP contribution in [0.3, 0.4) is 0 Å². The molecule has 0 unspecified atom stereocenters. The van der Waals surface area contributed by atoms with Crippen molar-refractivity contribution in [1.29, 1.82) is 0 Å². The van der Waals surface area contributed by atoms with E-state index in [1.807, 2.05) is 30.3 Å². The van der Waals surface area contributed by atoms with Crippen molar-refractivity contribution in [2.24, 2.45) is 0 Å². The minimum Gasteiger partial charge on any atom is -0.462 e. The Hall–Kier alpha value is -3.28. The molecule has 1 aromatic carbocycles. The van der Waals surface area contributed by atoms with Crippen molar-refractivity contribution in [3.05, 3.63) is 54.6 Å². The summed E-state index contributed by atoms with van der Waals surface area (Å²) in [6.07, 6.45) is 4.86. The predicted molar refractivity (Wildman–Crippen MR) is 90.6 cm³/mol. The van der Waals surface area contributed by atoms with E-state index in [0.29, 0.717) is 28.9 Å². The molecule has 0 fully saturated rings.